The van der Waals surface area contributed by atoms with Gasteiger partial charge in [0.2, 0.25) is 0 Å². The number of halogens is 3. The van der Waals surface area contributed by atoms with Crippen molar-refractivity contribution >= 4 is 50.0 Å². The Hall–Kier alpha value is 1.10. The molecule has 0 aromatic carbocycles. The Bertz CT molecular complexity index is 242. The second-order valence-corrected chi connectivity index (χ2v) is 7.38. The maximum Gasteiger partial charge on any atom is 0.424 e. The Labute approximate surface area is 117 Å². The summed E-state index contributed by atoms with van der Waals surface area (Å²) in [5.41, 5.74) is 0. The molecular formula is C8H14Br2ClO4P. The second-order valence-electron chi connectivity index (χ2n) is 2.67. The number of alkyl halides is 2. The first-order chi connectivity index (χ1) is 7.52. The third kappa shape index (κ3) is 10.3. The van der Waals surface area contributed by atoms with Crippen LogP contribution in [0.5, 0.6) is 0 Å². The van der Waals surface area contributed by atoms with E-state index in [1.165, 1.54) is 0 Å². The van der Waals surface area contributed by atoms with E-state index in [1.807, 2.05) is 0 Å². The van der Waals surface area contributed by atoms with Gasteiger partial charge in [0, 0.05) is 16.6 Å². The molecule has 0 aromatic rings. The molecule has 0 aliphatic rings. The van der Waals surface area contributed by atoms with Crippen molar-refractivity contribution in [3.8, 4) is 0 Å². The van der Waals surface area contributed by atoms with Gasteiger partial charge in [-0.3, -0.25) is 9.05 Å². The molecule has 16 heavy (non-hydrogen) atoms. The predicted octanol–water partition coefficient (Wildman–Crippen LogP) is 3.73. The first kappa shape index (κ1) is 17.1. The molecule has 96 valence electrons. The Kier molecular flexibility index (Phi) is 10.8. The smallest absolute Gasteiger partial charge is 0.376 e. The molecule has 0 N–H and O–H groups in total. The SMILES string of the molecule is C=CCOCC(Br)COP(=O)(Cl)OCCBr. The Morgan fingerprint density at radius 2 is 2.12 bits per heavy atom. The minimum absolute atomic E-state index is 0.0907. The highest BCUT2D eigenvalue weighted by Gasteiger charge is 2.22. The first-order valence-corrected chi connectivity index (χ1v) is 8.97. The van der Waals surface area contributed by atoms with Crippen molar-refractivity contribution in [2.45, 2.75) is 4.83 Å². The zero-order valence-corrected chi connectivity index (χ0v) is 13.4. The number of ether oxygens (including phenoxy) is 1. The highest BCUT2D eigenvalue weighted by Crippen LogP contribution is 2.53. The number of hydrogen-bond donors (Lipinski definition) is 0. The molecule has 0 aromatic heterocycles. The van der Waals surface area contributed by atoms with Crippen molar-refractivity contribution < 1.29 is 18.3 Å². The van der Waals surface area contributed by atoms with Gasteiger partial charge in [-0.2, -0.15) is 0 Å². The lowest BCUT2D eigenvalue weighted by molar-refractivity contribution is 0.144. The molecule has 4 nitrogen and oxygen atoms in total. The average molecular weight is 400 g/mol. The summed E-state index contributed by atoms with van der Waals surface area (Å²) in [7, 11) is 0. The van der Waals surface area contributed by atoms with Crippen LogP contribution >= 0.6 is 50.0 Å². The molecule has 2 atom stereocenters. The molecule has 0 aliphatic heterocycles. The molecule has 0 heterocycles. The van der Waals surface area contributed by atoms with E-state index in [2.05, 4.69) is 38.4 Å². The van der Waals surface area contributed by atoms with Crippen LogP contribution in [0.1, 0.15) is 0 Å². The van der Waals surface area contributed by atoms with Crippen molar-refractivity contribution in [3.63, 3.8) is 0 Å². The second kappa shape index (κ2) is 10.1. The predicted molar refractivity (Wildman–Crippen MR) is 72.9 cm³/mol. The van der Waals surface area contributed by atoms with Crippen LogP contribution in [0.3, 0.4) is 0 Å². The minimum atomic E-state index is -3.47. The van der Waals surface area contributed by atoms with Crippen molar-refractivity contribution in [1.82, 2.24) is 0 Å². The fraction of sp³-hybridized carbons (Fsp3) is 0.750. The van der Waals surface area contributed by atoms with E-state index >= 15 is 0 Å². The monoisotopic (exact) mass is 398 g/mol. The summed E-state index contributed by atoms with van der Waals surface area (Å²) in [6.45, 7) is 1.32. The molecular weight excluding hydrogens is 386 g/mol. The fourth-order valence-electron chi connectivity index (χ4n) is 0.678. The summed E-state index contributed by atoms with van der Waals surface area (Å²) in [5, 5.41) is 0.549. The van der Waals surface area contributed by atoms with Crippen LogP contribution in [0.15, 0.2) is 12.7 Å². The van der Waals surface area contributed by atoms with Crippen molar-refractivity contribution in [1.29, 1.82) is 0 Å². The van der Waals surface area contributed by atoms with E-state index < -0.39 is 6.95 Å². The summed E-state index contributed by atoms with van der Waals surface area (Å²) >= 11 is 12.0. The quantitative estimate of drug-likeness (QED) is 0.243. The van der Waals surface area contributed by atoms with Gasteiger partial charge in [0.25, 0.3) is 0 Å². The lowest BCUT2D eigenvalue weighted by atomic mass is 10.5. The Morgan fingerprint density at radius 1 is 1.44 bits per heavy atom. The lowest BCUT2D eigenvalue weighted by Gasteiger charge is -2.14. The number of hydrogen-bond acceptors (Lipinski definition) is 4. The largest absolute Gasteiger partial charge is 0.424 e. The number of rotatable bonds is 10. The first-order valence-electron chi connectivity index (χ1n) is 4.49. The molecule has 0 spiro atoms. The highest BCUT2D eigenvalue weighted by atomic mass is 79.9. The molecule has 0 bridgehead atoms. The van der Waals surface area contributed by atoms with Gasteiger partial charge in [-0.25, -0.2) is 4.57 Å². The summed E-state index contributed by atoms with van der Waals surface area (Å²) in [4.78, 5) is -0.0907. The van der Waals surface area contributed by atoms with E-state index in [9.17, 15) is 4.57 Å². The van der Waals surface area contributed by atoms with Gasteiger partial charge in [0.1, 0.15) is 0 Å². The molecule has 0 aliphatic carbocycles. The zero-order valence-electron chi connectivity index (χ0n) is 8.61. The normalized spacial score (nSPS) is 16.7. The Morgan fingerprint density at radius 3 is 2.69 bits per heavy atom. The van der Waals surface area contributed by atoms with Crippen molar-refractivity contribution in [2.75, 3.05) is 31.8 Å². The van der Waals surface area contributed by atoms with Gasteiger partial charge < -0.3 is 4.74 Å². The van der Waals surface area contributed by atoms with Gasteiger partial charge >= 0.3 is 6.95 Å². The van der Waals surface area contributed by atoms with Gasteiger partial charge in [0.15, 0.2) is 0 Å². The van der Waals surface area contributed by atoms with Crippen LogP contribution in [-0.4, -0.2) is 36.6 Å². The highest BCUT2D eigenvalue weighted by molar-refractivity contribution is 9.09. The molecule has 0 saturated carbocycles. The average Bonchev–Trinajstić information content (AvgIpc) is 2.24. The summed E-state index contributed by atoms with van der Waals surface area (Å²) in [5.74, 6) is 0. The molecule has 2 unspecified atom stereocenters. The van der Waals surface area contributed by atoms with E-state index in [4.69, 9.17) is 25.0 Å². The third-order valence-electron chi connectivity index (χ3n) is 1.27. The standard InChI is InChI=1S/C8H14Br2ClO4P/c1-2-4-13-6-8(10)7-15-16(11,12)14-5-3-9/h2,8H,1,3-7H2. The maximum absolute atomic E-state index is 11.4. The molecule has 0 fully saturated rings. The van der Waals surface area contributed by atoms with Crippen LogP contribution < -0.4 is 0 Å². The van der Waals surface area contributed by atoms with E-state index in [-0.39, 0.29) is 18.0 Å². The summed E-state index contributed by atoms with van der Waals surface area (Å²) < 4.78 is 26.4. The third-order valence-corrected chi connectivity index (χ3v) is 3.65. The fourth-order valence-corrected chi connectivity index (χ4v) is 2.73. The van der Waals surface area contributed by atoms with E-state index in [0.29, 0.717) is 18.5 Å². The summed E-state index contributed by atoms with van der Waals surface area (Å²) in [6.07, 6.45) is 1.64. The van der Waals surface area contributed by atoms with Crippen molar-refractivity contribution in [2.24, 2.45) is 0 Å². The van der Waals surface area contributed by atoms with Gasteiger partial charge in [0.05, 0.1) is 31.3 Å². The molecule has 0 rings (SSSR count). The molecule has 8 heteroatoms. The van der Waals surface area contributed by atoms with E-state index in [0.717, 1.165) is 0 Å². The van der Waals surface area contributed by atoms with Gasteiger partial charge in [-0.1, -0.05) is 37.9 Å². The molecule has 0 saturated heterocycles. The minimum Gasteiger partial charge on any atom is -0.376 e. The van der Waals surface area contributed by atoms with Gasteiger partial charge in [-0.15, -0.1) is 6.58 Å². The Balaban J connectivity index is 3.67. The molecule has 0 amide bonds. The topological polar surface area (TPSA) is 44.8 Å². The van der Waals surface area contributed by atoms with Crippen LogP contribution in [0.2, 0.25) is 0 Å². The van der Waals surface area contributed by atoms with Crippen LogP contribution in [-0.2, 0) is 18.3 Å². The molecule has 0 radical (unpaired) electrons. The van der Waals surface area contributed by atoms with Crippen LogP contribution in [0, 0.1) is 0 Å². The van der Waals surface area contributed by atoms with Crippen LogP contribution in [0.25, 0.3) is 0 Å². The van der Waals surface area contributed by atoms with Crippen molar-refractivity contribution in [3.05, 3.63) is 12.7 Å². The zero-order chi connectivity index (χ0) is 12.4. The van der Waals surface area contributed by atoms with E-state index in [1.54, 1.807) is 6.08 Å². The van der Waals surface area contributed by atoms with Crippen LogP contribution in [0.4, 0.5) is 0 Å². The lowest BCUT2D eigenvalue weighted by Crippen LogP contribution is -2.15. The summed E-state index contributed by atoms with van der Waals surface area (Å²) in [6, 6.07) is 0. The van der Waals surface area contributed by atoms with Gasteiger partial charge in [-0.05, 0) is 0 Å². The maximum atomic E-state index is 11.4.